The van der Waals surface area contributed by atoms with Gasteiger partial charge in [-0.05, 0) is 36.5 Å². The summed E-state index contributed by atoms with van der Waals surface area (Å²) < 4.78 is 0.947. The third-order valence-corrected chi connectivity index (χ3v) is 3.60. The summed E-state index contributed by atoms with van der Waals surface area (Å²) >= 11 is 3.38. The van der Waals surface area contributed by atoms with E-state index in [1.807, 2.05) is 24.3 Å². The van der Waals surface area contributed by atoms with E-state index in [0.29, 0.717) is 0 Å². The first-order valence-corrected chi connectivity index (χ1v) is 6.44. The number of aliphatic carboxylic acids is 1. The van der Waals surface area contributed by atoms with Crippen molar-refractivity contribution < 1.29 is 9.90 Å². The van der Waals surface area contributed by atoms with Crippen LogP contribution in [0.1, 0.15) is 37.2 Å². The molecule has 0 heterocycles. The lowest BCUT2D eigenvalue weighted by molar-refractivity contribution is -0.139. The Kier molecular flexibility index (Phi) is 3.64. The van der Waals surface area contributed by atoms with Gasteiger partial charge in [-0.15, -0.1) is 0 Å². The van der Waals surface area contributed by atoms with Crippen molar-refractivity contribution in [1.82, 2.24) is 0 Å². The molecule has 0 spiro atoms. The molecule has 0 aliphatic heterocycles. The second-order valence-corrected chi connectivity index (χ2v) is 5.38. The average Bonchev–Trinajstić information content (AvgIpc) is 3.01. The van der Waals surface area contributed by atoms with Crippen molar-refractivity contribution in [3.05, 3.63) is 34.3 Å². The number of benzene rings is 1. The predicted molar refractivity (Wildman–Crippen MR) is 66.5 cm³/mol. The van der Waals surface area contributed by atoms with Crippen LogP contribution in [0.5, 0.6) is 0 Å². The Hall–Kier alpha value is -0.830. The van der Waals surface area contributed by atoms with Gasteiger partial charge in [-0.3, -0.25) is 4.79 Å². The summed E-state index contributed by atoms with van der Waals surface area (Å²) in [5, 5.41) is 9.24. The molecule has 2 nitrogen and oxygen atoms in total. The molecular weight excluding hydrogens is 268 g/mol. The molecular formula is C13H15BrO2. The minimum absolute atomic E-state index is 0.349. The zero-order chi connectivity index (χ0) is 11.5. The van der Waals surface area contributed by atoms with E-state index in [9.17, 15) is 9.90 Å². The largest absolute Gasteiger partial charge is 0.481 e. The molecule has 1 saturated carbocycles. The van der Waals surface area contributed by atoms with Crippen LogP contribution in [0.15, 0.2) is 28.7 Å². The highest BCUT2D eigenvalue weighted by atomic mass is 79.9. The molecule has 0 amide bonds. The van der Waals surface area contributed by atoms with Gasteiger partial charge < -0.3 is 5.11 Å². The van der Waals surface area contributed by atoms with Crippen LogP contribution in [0.2, 0.25) is 0 Å². The lowest BCUT2D eigenvalue weighted by atomic mass is 9.93. The second-order valence-electron chi connectivity index (χ2n) is 4.47. The monoisotopic (exact) mass is 282 g/mol. The maximum atomic E-state index is 11.2. The highest BCUT2D eigenvalue weighted by molar-refractivity contribution is 9.10. The van der Waals surface area contributed by atoms with E-state index in [4.69, 9.17) is 0 Å². The van der Waals surface area contributed by atoms with Gasteiger partial charge in [-0.2, -0.15) is 0 Å². The number of hydrogen-bond acceptors (Lipinski definition) is 1. The summed E-state index contributed by atoms with van der Waals surface area (Å²) in [6, 6.07) is 7.62. The number of halogens is 1. The SMILES string of the molecule is O=C(O)C(CCC1CC1)c1cccc(Br)c1. The van der Waals surface area contributed by atoms with Crippen molar-refractivity contribution in [3.8, 4) is 0 Å². The van der Waals surface area contributed by atoms with Crippen LogP contribution in [0.25, 0.3) is 0 Å². The van der Waals surface area contributed by atoms with Gasteiger partial charge in [0.25, 0.3) is 0 Å². The Morgan fingerprint density at radius 1 is 1.50 bits per heavy atom. The fourth-order valence-electron chi connectivity index (χ4n) is 1.96. The summed E-state index contributed by atoms with van der Waals surface area (Å²) in [5.74, 6) is -0.272. The normalized spacial score (nSPS) is 17.1. The van der Waals surface area contributed by atoms with Crippen molar-refractivity contribution in [1.29, 1.82) is 0 Å². The third-order valence-electron chi connectivity index (χ3n) is 3.11. The van der Waals surface area contributed by atoms with E-state index < -0.39 is 5.97 Å². The smallest absolute Gasteiger partial charge is 0.310 e. The second kappa shape index (κ2) is 5.00. The summed E-state index contributed by atoms with van der Waals surface area (Å²) in [4.78, 5) is 11.2. The van der Waals surface area contributed by atoms with E-state index in [-0.39, 0.29) is 5.92 Å². The Labute approximate surface area is 104 Å². The number of carboxylic acids is 1. The molecule has 1 fully saturated rings. The zero-order valence-corrected chi connectivity index (χ0v) is 10.6. The van der Waals surface area contributed by atoms with Crippen molar-refractivity contribution in [2.24, 2.45) is 5.92 Å². The van der Waals surface area contributed by atoms with E-state index in [1.165, 1.54) is 12.8 Å². The molecule has 2 rings (SSSR count). The van der Waals surface area contributed by atoms with Crippen LogP contribution in [0.3, 0.4) is 0 Å². The number of carboxylic acid groups (broad SMARTS) is 1. The molecule has 1 atom stereocenters. The Morgan fingerprint density at radius 3 is 2.81 bits per heavy atom. The third kappa shape index (κ3) is 3.08. The van der Waals surface area contributed by atoms with Crippen LogP contribution in [-0.2, 0) is 4.79 Å². The highest BCUT2D eigenvalue weighted by Crippen LogP contribution is 2.36. The van der Waals surface area contributed by atoms with Gasteiger partial charge in [0.1, 0.15) is 0 Å². The molecule has 1 aromatic carbocycles. The standard InChI is InChI=1S/C13H15BrO2/c14-11-3-1-2-10(8-11)12(13(15)16)7-6-9-4-5-9/h1-3,8-9,12H,4-7H2,(H,15,16). The molecule has 0 radical (unpaired) electrons. The Morgan fingerprint density at radius 2 is 2.25 bits per heavy atom. The zero-order valence-electron chi connectivity index (χ0n) is 9.03. The molecule has 16 heavy (non-hydrogen) atoms. The molecule has 1 aliphatic rings. The van der Waals surface area contributed by atoms with E-state index in [2.05, 4.69) is 15.9 Å². The Bertz CT molecular complexity index is 385. The maximum absolute atomic E-state index is 11.2. The lowest BCUT2D eigenvalue weighted by Crippen LogP contribution is -2.11. The molecule has 86 valence electrons. The fourth-order valence-corrected chi connectivity index (χ4v) is 2.38. The topological polar surface area (TPSA) is 37.3 Å². The Balaban J connectivity index is 2.07. The number of hydrogen-bond donors (Lipinski definition) is 1. The van der Waals surface area contributed by atoms with Crippen LogP contribution >= 0.6 is 15.9 Å². The van der Waals surface area contributed by atoms with Crippen molar-refractivity contribution in [3.63, 3.8) is 0 Å². The van der Waals surface area contributed by atoms with Gasteiger partial charge >= 0.3 is 5.97 Å². The molecule has 0 saturated heterocycles. The van der Waals surface area contributed by atoms with Crippen LogP contribution in [0.4, 0.5) is 0 Å². The first kappa shape index (κ1) is 11.6. The van der Waals surface area contributed by atoms with Gasteiger partial charge in [-0.25, -0.2) is 0 Å². The van der Waals surface area contributed by atoms with E-state index >= 15 is 0 Å². The van der Waals surface area contributed by atoms with Gasteiger partial charge in [0.15, 0.2) is 0 Å². The van der Waals surface area contributed by atoms with Gasteiger partial charge in [0.05, 0.1) is 5.92 Å². The maximum Gasteiger partial charge on any atom is 0.310 e. The molecule has 0 bridgehead atoms. The van der Waals surface area contributed by atoms with Crippen molar-refractivity contribution in [2.75, 3.05) is 0 Å². The molecule has 1 aromatic rings. The lowest BCUT2D eigenvalue weighted by Gasteiger charge is -2.12. The quantitative estimate of drug-likeness (QED) is 0.892. The molecule has 0 aromatic heterocycles. The number of rotatable bonds is 5. The van der Waals surface area contributed by atoms with E-state index in [0.717, 1.165) is 28.8 Å². The molecule has 1 N–H and O–H groups in total. The van der Waals surface area contributed by atoms with Crippen molar-refractivity contribution in [2.45, 2.75) is 31.6 Å². The summed E-state index contributed by atoms with van der Waals surface area (Å²) in [7, 11) is 0. The predicted octanol–water partition coefficient (Wildman–Crippen LogP) is 3.81. The van der Waals surface area contributed by atoms with Gasteiger partial charge in [0, 0.05) is 4.47 Å². The van der Waals surface area contributed by atoms with Crippen LogP contribution in [0, 0.1) is 5.92 Å². The summed E-state index contributed by atoms with van der Waals surface area (Å²) in [6.07, 6.45) is 4.37. The van der Waals surface area contributed by atoms with Gasteiger partial charge in [-0.1, -0.05) is 40.9 Å². The molecule has 3 heteroatoms. The van der Waals surface area contributed by atoms with Gasteiger partial charge in [0.2, 0.25) is 0 Å². The summed E-state index contributed by atoms with van der Waals surface area (Å²) in [6.45, 7) is 0. The number of carbonyl (C=O) groups is 1. The van der Waals surface area contributed by atoms with Crippen LogP contribution < -0.4 is 0 Å². The van der Waals surface area contributed by atoms with Crippen LogP contribution in [-0.4, -0.2) is 11.1 Å². The first-order chi connectivity index (χ1) is 7.66. The summed E-state index contributed by atoms with van der Waals surface area (Å²) in [5.41, 5.74) is 0.905. The van der Waals surface area contributed by atoms with E-state index in [1.54, 1.807) is 0 Å². The molecule has 1 aliphatic carbocycles. The minimum atomic E-state index is -0.709. The highest BCUT2D eigenvalue weighted by Gasteiger charge is 2.26. The van der Waals surface area contributed by atoms with Crippen molar-refractivity contribution >= 4 is 21.9 Å². The average molecular weight is 283 g/mol. The minimum Gasteiger partial charge on any atom is -0.481 e. The molecule has 1 unspecified atom stereocenters. The fraction of sp³-hybridized carbons (Fsp3) is 0.462. The first-order valence-electron chi connectivity index (χ1n) is 5.65.